The number of nitrogens with zero attached hydrogens (tertiary/aromatic N) is 1. The van der Waals surface area contributed by atoms with E-state index >= 15 is 0 Å². The number of hydrogen-bond donors (Lipinski definition) is 1. The second-order valence-corrected chi connectivity index (χ2v) is 6.99. The van der Waals surface area contributed by atoms with Gasteiger partial charge in [0.15, 0.2) is 0 Å². The SMILES string of the molecule is CCNC(=O)[C@@H](CC)N(Cc1ccc(C)cc1)C(=O)Cc1cccc(C)c1. The van der Waals surface area contributed by atoms with Gasteiger partial charge in [0.05, 0.1) is 6.42 Å². The van der Waals surface area contributed by atoms with Crippen LogP contribution in [0.1, 0.15) is 42.5 Å². The quantitative estimate of drug-likeness (QED) is 0.773. The zero-order chi connectivity index (χ0) is 19.8. The van der Waals surface area contributed by atoms with Crippen molar-refractivity contribution in [2.75, 3.05) is 6.54 Å². The first-order valence-electron chi connectivity index (χ1n) is 9.62. The number of benzene rings is 2. The second kappa shape index (κ2) is 9.91. The Morgan fingerprint density at radius 1 is 0.963 bits per heavy atom. The van der Waals surface area contributed by atoms with Crippen LogP contribution in [0.15, 0.2) is 48.5 Å². The van der Waals surface area contributed by atoms with Crippen LogP contribution in [0.3, 0.4) is 0 Å². The maximum atomic E-state index is 13.2. The molecule has 2 aromatic rings. The third-order valence-corrected chi connectivity index (χ3v) is 4.65. The maximum absolute atomic E-state index is 13.2. The average Bonchev–Trinajstić information content (AvgIpc) is 2.63. The lowest BCUT2D eigenvalue weighted by Crippen LogP contribution is -2.49. The number of likely N-dealkylation sites (N-methyl/N-ethyl adjacent to an activating group) is 1. The normalized spacial score (nSPS) is 11.7. The summed E-state index contributed by atoms with van der Waals surface area (Å²) < 4.78 is 0. The highest BCUT2D eigenvalue weighted by Gasteiger charge is 2.28. The number of nitrogens with one attached hydrogen (secondary N) is 1. The highest BCUT2D eigenvalue weighted by atomic mass is 16.2. The van der Waals surface area contributed by atoms with Crippen LogP contribution >= 0.6 is 0 Å². The van der Waals surface area contributed by atoms with Crippen LogP contribution in [-0.2, 0) is 22.6 Å². The molecule has 2 rings (SSSR count). The smallest absolute Gasteiger partial charge is 0.242 e. The first kappa shape index (κ1) is 20.7. The van der Waals surface area contributed by atoms with Crippen molar-refractivity contribution < 1.29 is 9.59 Å². The molecule has 4 nitrogen and oxygen atoms in total. The van der Waals surface area contributed by atoms with Gasteiger partial charge >= 0.3 is 0 Å². The van der Waals surface area contributed by atoms with Crippen molar-refractivity contribution in [2.24, 2.45) is 0 Å². The molecule has 0 aliphatic carbocycles. The minimum absolute atomic E-state index is 0.0284. The summed E-state index contributed by atoms with van der Waals surface area (Å²) in [6, 6.07) is 15.6. The van der Waals surface area contributed by atoms with E-state index in [4.69, 9.17) is 0 Å². The summed E-state index contributed by atoms with van der Waals surface area (Å²) in [6.07, 6.45) is 0.876. The fraction of sp³-hybridized carbons (Fsp3) is 0.391. The van der Waals surface area contributed by atoms with E-state index in [1.165, 1.54) is 5.56 Å². The molecule has 2 amide bonds. The standard InChI is InChI=1S/C23H30N2O2/c1-5-21(23(27)24-6-2)25(16-19-12-10-17(3)11-13-19)22(26)15-20-9-7-8-18(4)14-20/h7-14,21H,5-6,15-16H2,1-4H3,(H,24,27)/t21-/m1/s1. The first-order valence-corrected chi connectivity index (χ1v) is 9.62. The van der Waals surface area contributed by atoms with Crippen molar-refractivity contribution in [3.8, 4) is 0 Å². The van der Waals surface area contributed by atoms with Crippen LogP contribution < -0.4 is 5.32 Å². The van der Waals surface area contributed by atoms with Crippen molar-refractivity contribution in [2.45, 2.75) is 53.1 Å². The van der Waals surface area contributed by atoms with Gasteiger partial charge in [-0.2, -0.15) is 0 Å². The number of carbonyl (C=O) groups excluding carboxylic acids is 2. The monoisotopic (exact) mass is 366 g/mol. The molecule has 4 heteroatoms. The number of carbonyl (C=O) groups is 2. The number of rotatable bonds is 8. The van der Waals surface area contributed by atoms with Crippen LogP contribution in [0.5, 0.6) is 0 Å². The molecule has 0 aliphatic heterocycles. The highest BCUT2D eigenvalue weighted by Crippen LogP contribution is 2.16. The molecule has 0 saturated heterocycles. The van der Waals surface area contributed by atoms with Gasteiger partial charge in [-0.05, 0) is 38.3 Å². The molecule has 0 unspecified atom stereocenters. The predicted octanol–water partition coefficient (Wildman–Crippen LogP) is 3.79. The van der Waals surface area contributed by atoms with E-state index in [0.29, 0.717) is 25.9 Å². The lowest BCUT2D eigenvalue weighted by atomic mass is 10.0. The molecule has 0 saturated carbocycles. The summed E-state index contributed by atoms with van der Waals surface area (Å²) in [6.45, 7) is 8.88. The van der Waals surface area contributed by atoms with E-state index in [1.54, 1.807) is 4.90 Å². The molecular formula is C23H30N2O2. The molecule has 1 atom stereocenters. The minimum Gasteiger partial charge on any atom is -0.355 e. The van der Waals surface area contributed by atoms with Crippen molar-refractivity contribution in [1.29, 1.82) is 0 Å². The summed E-state index contributed by atoms with van der Waals surface area (Å²) >= 11 is 0. The van der Waals surface area contributed by atoms with Gasteiger partial charge in [0.2, 0.25) is 11.8 Å². The summed E-state index contributed by atoms with van der Waals surface area (Å²) in [5.41, 5.74) is 4.30. The van der Waals surface area contributed by atoms with Gasteiger partial charge in [-0.25, -0.2) is 0 Å². The number of hydrogen-bond acceptors (Lipinski definition) is 2. The summed E-state index contributed by atoms with van der Waals surface area (Å²) in [4.78, 5) is 27.4. The van der Waals surface area contributed by atoms with Gasteiger partial charge in [-0.1, -0.05) is 66.6 Å². The molecular weight excluding hydrogens is 336 g/mol. The second-order valence-electron chi connectivity index (χ2n) is 6.99. The van der Waals surface area contributed by atoms with Crippen LogP contribution in [0.2, 0.25) is 0 Å². The van der Waals surface area contributed by atoms with Crippen LogP contribution in [0, 0.1) is 13.8 Å². The molecule has 0 aromatic heterocycles. The fourth-order valence-electron chi connectivity index (χ4n) is 3.20. The van der Waals surface area contributed by atoms with E-state index in [2.05, 4.69) is 5.32 Å². The number of amides is 2. The molecule has 144 valence electrons. The Morgan fingerprint density at radius 2 is 1.67 bits per heavy atom. The van der Waals surface area contributed by atoms with Gasteiger partial charge < -0.3 is 10.2 Å². The van der Waals surface area contributed by atoms with E-state index in [9.17, 15) is 9.59 Å². The van der Waals surface area contributed by atoms with Crippen LogP contribution in [0.25, 0.3) is 0 Å². The van der Waals surface area contributed by atoms with Crippen molar-refractivity contribution in [3.05, 3.63) is 70.8 Å². The molecule has 0 aliphatic rings. The third kappa shape index (κ3) is 5.95. The molecule has 0 spiro atoms. The van der Waals surface area contributed by atoms with Gasteiger partial charge in [0.25, 0.3) is 0 Å². The third-order valence-electron chi connectivity index (χ3n) is 4.65. The molecule has 0 heterocycles. The first-order chi connectivity index (χ1) is 12.9. The summed E-state index contributed by atoms with van der Waals surface area (Å²) in [7, 11) is 0. The zero-order valence-corrected chi connectivity index (χ0v) is 16.8. The molecule has 1 N–H and O–H groups in total. The van der Waals surface area contributed by atoms with E-state index in [1.807, 2.05) is 76.2 Å². The van der Waals surface area contributed by atoms with Gasteiger partial charge in [-0.15, -0.1) is 0 Å². The molecule has 27 heavy (non-hydrogen) atoms. The fourth-order valence-corrected chi connectivity index (χ4v) is 3.20. The molecule has 0 bridgehead atoms. The minimum atomic E-state index is -0.469. The molecule has 0 fully saturated rings. The Hall–Kier alpha value is -2.62. The van der Waals surface area contributed by atoms with Crippen LogP contribution in [0.4, 0.5) is 0 Å². The topological polar surface area (TPSA) is 49.4 Å². The highest BCUT2D eigenvalue weighted by molar-refractivity contribution is 5.88. The summed E-state index contributed by atoms with van der Waals surface area (Å²) in [5.74, 6) is -0.121. The van der Waals surface area contributed by atoms with Crippen molar-refractivity contribution in [3.63, 3.8) is 0 Å². The van der Waals surface area contributed by atoms with E-state index in [0.717, 1.165) is 16.7 Å². The van der Waals surface area contributed by atoms with Gasteiger partial charge in [0, 0.05) is 13.1 Å². The van der Waals surface area contributed by atoms with Crippen LogP contribution in [-0.4, -0.2) is 29.3 Å². The Labute approximate surface area is 162 Å². The summed E-state index contributed by atoms with van der Waals surface area (Å²) in [5, 5.41) is 2.87. The Morgan fingerprint density at radius 3 is 2.26 bits per heavy atom. The molecule has 2 aromatic carbocycles. The Kier molecular flexibility index (Phi) is 7.59. The predicted molar refractivity (Wildman–Crippen MR) is 109 cm³/mol. The lowest BCUT2D eigenvalue weighted by Gasteiger charge is -2.30. The van der Waals surface area contributed by atoms with E-state index < -0.39 is 6.04 Å². The lowest BCUT2D eigenvalue weighted by molar-refractivity contribution is -0.140. The maximum Gasteiger partial charge on any atom is 0.242 e. The Bertz CT molecular complexity index is 768. The zero-order valence-electron chi connectivity index (χ0n) is 16.8. The van der Waals surface area contributed by atoms with Crippen molar-refractivity contribution in [1.82, 2.24) is 10.2 Å². The van der Waals surface area contributed by atoms with Crippen molar-refractivity contribution >= 4 is 11.8 Å². The van der Waals surface area contributed by atoms with Gasteiger partial charge in [0.1, 0.15) is 6.04 Å². The Balaban J connectivity index is 2.27. The largest absolute Gasteiger partial charge is 0.355 e. The average molecular weight is 367 g/mol. The number of aryl methyl sites for hydroxylation is 2. The van der Waals surface area contributed by atoms with E-state index in [-0.39, 0.29) is 11.8 Å². The van der Waals surface area contributed by atoms with Gasteiger partial charge in [-0.3, -0.25) is 9.59 Å². The molecule has 0 radical (unpaired) electrons.